The number of nitrogens with one attached hydrogen (secondary N) is 2. The van der Waals surface area contributed by atoms with Crippen molar-refractivity contribution in [3.63, 3.8) is 0 Å². The van der Waals surface area contributed by atoms with Gasteiger partial charge in [-0.3, -0.25) is 10.6 Å². The maximum atomic E-state index is 12.4. The van der Waals surface area contributed by atoms with Gasteiger partial charge in [-0.2, -0.15) is 11.8 Å². The predicted octanol–water partition coefficient (Wildman–Crippen LogP) is 2.68. The third-order valence-electron chi connectivity index (χ3n) is 3.92. The first-order chi connectivity index (χ1) is 9.63. The van der Waals surface area contributed by atoms with Crippen LogP contribution in [0.15, 0.2) is 18.2 Å². The lowest BCUT2D eigenvalue weighted by molar-refractivity contribution is 0.0929. The molecule has 0 heterocycles. The van der Waals surface area contributed by atoms with Crippen LogP contribution in [0.2, 0.25) is 0 Å². The van der Waals surface area contributed by atoms with Gasteiger partial charge in [-0.25, -0.2) is 0 Å². The zero-order valence-corrected chi connectivity index (χ0v) is 12.9. The molecule has 4 nitrogen and oxygen atoms in total. The van der Waals surface area contributed by atoms with Crippen LogP contribution in [0.3, 0.4) is 0 Å². The third kappa shape index (κ3) is 3.67. The Morgan fingerprint density at radius 1 is 1.30 bits per heavy atom. The van der Waals surface area contributed by atoms with Crippen molar-refractivity contribution in [1.82, 2.24) is 5.32 Å². The highest BCUT2D eigenvalue weighted by atomic mass is 32.2. The second kappa shape index (κ2) is 6.99. The Morgan fingerprint density at radius 2 is 2.00 bits per heavy atom. The highest BCUT2D eigenvalue weighted by molar-refractivity contribution is 7.99. The van der Waals surface area contributed by atoms with Crippen molar-refractivity contribution in [3.05, 3.63) is 29.3 Å². The number of nitrogens with two attached hydrogens (primary N) is 1. The van der Waals surface area contributed by atoms with Crippen LogP contribution in [-0.4, -0.2) is 23.5 Å². The van der Waals surface area contributed by atoms with Crippen molar-refractivity contribution in [2.45, 2.75) is 43.9 Å². The number of hydrogen-bond acceptors (Lipinski definition) is 4. The number of rotatable bonds is 4. The second-order valence-corrected chi connectivity index (χ2v) is 6.51. The van der Waals surface area contributed by atoms with Crippen molar-refractivity contribution in [3.8, 4) is 0 Å². The lowest BCUT2D eigenvalue weighted by Crippen LogP contribution is -2.38. The summed E-state index contributed by atoms with van der Waals surface area (Å²) in [5.41, 5.74) is 4.95. The normalized spacial score (nSPS) is 22.4. The Labute approximate surface area is 124 Å². The number of aryl methyl sites for hydroxylation is 1. The molecule has 1 fully saturated rings. The minimum atomic E-state index is -0.0331. The molecule has 1 saturated carbocycles. The Kier molecular flexibility index (Phi) is 5.31. The first kappa shape index (κ1) is 15.2. The van der Waals surface area contributed by atoms with Crippen LogP contribution in [0.25, 0.3) is 0 Å². The molecule has 5 heteroatoms. The lowest BCUT2D eigenvalue weighted by Gasteiger charge is -2.28. The molecule has 110 valence electrons. The van der Waals surface area contributed by atoms with Gasteiger partial charge in [-0.05, 0) is 51.0 Å². The van der Waals surface area contributed by atoms with Gasteiger partial charge in [0.05, 0.1) is 11.3 Å². The number of amides is 1. The number of thioether (sulfide) groups is 1. The van der Waals surface area contributed by atoms with Crippen LogP contribution in [0, 0.1) is 6.92 Å². The van der Waals surface area contributed by atoms with Gasteiger partial charge < -0.3 is 10.7 Å². The fourth-order valence-electron chi connectivity index (χ4n) is 2.68. The van der Waals surface area contributed by atoms with Crippen molar-refractivity contribution >= 4 is 23.4 Å². The minimum absolute atomic E-state index is 0.0331. The van der Waals surface area contributed by atoms with Gasteiger partial charge in [0.15, 0.2) is 0 Å². The summed E-state index contributed by atoms with van der Waals surface area (Å²) in [5.74, 6) is 5.44. The smallest absolute Gasteiger partial charge is 0.253 e. The summed E-state index contributed by atoms with van der Waals surface area (Å²) >= 11 is 1.93. The summed E-state index contributed by atoms with van der Waals surface area (Å²) in [7, 11) is 0. The number of nitrogen functional groups attached to an aromatic ring is 1. The molecule has 0 aliphatic heterocycles. The monoisotopic (exact) mass is 293 g/mol. The number of hydrogen-bond donors (Lipinski definition) is 3. The number of carbonyl (C=O) groups excluding carboxylic acids is 1. The molecule has 1 aliphatic rings. The van der Waals surface area contributed by atoms with Crippen molar-refractivity contribution in [2.24, 2.45) is 5.84 Å². The van der Waals surface area contributed by atoms with Crippen LogP contribution in [-0.2, 0) is 0 Å². The topological polar surface area (TPSA) is 67.2 Å². The number of anilines is 1. The lowest BCUT2D eigenvalue weighted by atomic mass is 9.94. The largest absolute Gasteiger partial charge is 0.349 e. The molecule has 1 aromatic rings. The average Bonchev–Trinajstić information content (AvgIpc) is 2.48. The molecule has 0 saturated heterocycles. The maximum Gasteiger partial charge on any atom is 0.253 e. The first-order valence-electron chi connectivity index (χ1n) is 7.05. The standard InChI is InChI=1S/C15H23N3OS/c1-10-3-8-14(18-16)13(9-10)15(19)17-11-4-6-12(20-2)7-5-11/h3,8-9,11-12,18H,4-7,16H2,1-2H3,(H,17,19). The van der Waals surface area contributed by atoms with E-state index in [2.05, 4.69) is 17.0 Å². The van der Waals surface area contributed by atoms with Crippen LogP contribution in [0.5, 0.6) is 0 Å². The van der Waals surface area contributed by atoms with E-state index in [0.717, 1.165) is 23.7 Å². The molecule has 0 unspecified atom stereocenters. The quantitative estimate of drug-likeness (QED) is 0.590. The van der Waals surface area contributed by atoms with E-state index in [1.807, 2.05) is 36.9 Å². The van der Waals surface area contributed by atoms with Crippen molar-refractivity contribution in [1.29, 1.82) is 0 Å². The van der Waals surface area contributed by atoms with Gasteiger partial charge in [0.2, 0.25) is 0 Å². The summed E-state index contributed by atoms with van der Waals surface area (Å²) in [4.78, 5) is 12.4. The molecule has 0 bridgehead atoms. The molecule has 2 rings (SSSR count). The van der Waals surface area contributed by atoms with Crippen LogP contribution in [0.4, 0.5) is 5.69 Å². The molecular formula is C15H23N3OS. The molecule has 4 N–H and O–H groups in total. The fraction of sp³-hybridized carbons (Fsp3) is 0.533. The Balaban J connectivity index is 2.00. The molecule has 0 radical (unpaired) electrons. The highest BCUT2D eigenvalue weighted by Crippen LogP contribution is 2.27. The van der Waals surface area contributed by atoms with Gasteiger partial charge in [-0.15, -0.1) is 0 Å². The molecule has 1 aromatic carbocycles. The van der Waals surface area contributed by atoms with E-state index in [-0.39, 0.29) is 11.9 Å². The zero-order chi connectivity index (χ0) is 14.5. The summed E-state index contributed by atoms with van der Waals surface area (Å²) in [5, 5.41) is 3.89. The van der Waals surface area contributed by atoms with E-state index in [1.165, 1.54) is 12.8 Å². The number of hydrazine groups is 1. The van der Waals surface area contributed by atoms with Gasteiger partial charge in [-0.1, -0.05) is 11.6 Å². The molecule has 0 atom stereocenters. The average molecular weight is 293 g/mol. The summed E-state index contributed by atoms with van der Waals surface area (Å²) < 4.78 is 0. The third-order valence-corrected chi connectivity index (χ3v) is 5.06. The van der Waals surface area contributed by atoms with Gasteiger partial charge in [0.25, 0.3) is 5.91 Å². The van der Waals surface area contributed by atoms with E-state index in [9.17, 15) is 4.79 Å². The van der Waals surface area contributed by atoms with Crippen LogP contribution < -0.4 is 16.6 Å². The number of benzene rings is 1. The molecule has 20 heavy (non-hydrogen) atoms. The van der Waals surface area contributed by atoms with E-state index in [4.69, 9.17) is 5.84 Å². The highest BCUT2D eigenvalue weighted by Gasteiger charge is 2.22. The zero-order valence-electron chi connectivity index (χ0n) is 12.1. The van der Waals surface area contributed by atoms with Crippen molar-refractivity contribution < 1.29 is 4.79 Å². The fourth-order valence-corrected chi connectivity index (χ4v) is 3.42. The SMILES string of the molecule is CSC1CCC(NC(=O)c2cc(C)ccc2NN)CC1. The molecule has 1 amide bonds. The van der Waals surface area contributed by atoms with E-state index < -0.39 is 0 Å². The predicted molar refractivity (Wildman–Crippen MR) is 86.0 cm³/mol. The maximum absolute atomic E-state index is 12.4. The van der Waals surface area contributed by atoms with Gasteiger partial charge in [0.1, 0.15) is 0 Å². The Bertz CT molecular complexity index is 470. The van der Waals surface area contributed by atoms with E-state index in [0.29, 0.717) is 11.3 Å². The summed E-state index contributed by atoms with van der Waals surface area (Å²) in [6, 6.07) is 5.94. The van der Waals surface area contributed by atoms with Crippen molar-refractivity contribution in [2.75, 3.05) is 11.7 Å². The summed E-state index contributed by atoms with van der Waals surface area (Å²) in [6.45, 7) is 1.97. The van der Waals surface area contributed by atoms with Crippen LogP contribution in [0.1, 0.15) is 41.6 Å². The first-order valence-corrected chi connectivity index (χ1v) is 8.33. The van der Waals surface area contributed by atoms with Crippen LogP contribution >= 0.6 is 11.8 Å². The van der Waals surface area contributed by atoms with E-state index >= 15 is 0 Å². The molecular weight excluding hydrogens is 270 g/mol. The second-order valence-electron chi connectivity index (χ2n) is 5.38. The Morgan fingerprint density at radius 3 is 2.60 bits per heavy atom. The minimum Gasteiger partial charge on any atom is -0.349 e. The Hall–Kier alpha value is -1.20. The molecule has 0 spiro atoms. The van der Waals surface area contributed by atoms with E-state index in [1.54, 1.807) is 0 Å². The molecule has 0 aromatic heterocycles. The number of carbonyl (C=O) groups is 1. The summed E-state index contributed by atoms with van der Waals surface area (Å²) in [6.07, 6.45) is 6.66. The molecule has 1 aliphatic carbocycles. The van der Waals surface area contributed by atoms with Gasteiger partial charge >= 0.3 is 0 Å². The van der Waals surface area contributed by atoms with Gasteiger partial charge in [0, 0.05) is 11.3 Å².